The molecule has 0 fully saturated rings. The summed E-state index contributed by atoms with van der Waals surface area (Å²) in [5.74, 6) is -0.0364. The number of hydrogen-bond donors (Lipinski definition) is 0. The molecular formula is C19H22ClNO6S. The van der Waals surface area contributed by atoms with Gasteiger partial charge in [-0.05, 0) is 43.7 Å². The summed E-state index contributed by atoms with van der Waals surface area (Å²) in [5, 5.41) is 0.344. The lowest BCUT2D eigenvalue weighted by atomic mass is 10.2. The molecule has 0 N–H and O–H groups in total. The first kappa shape index (κ1) is 21.8. The van der Waals surface area contributed by atoms with Crippen LogP contribution in [0.15, 0.2) is 41.3 Å². The van der Waals surface area contributed by atoms with Crippen LogP contribution in [-0.4, -0.2) is 41.8 Å². The Morgan fingerprint density at radius 2 is 1.75 bits per heavy atom. The number of carbonyl (C=O) groups is 1. The van der Waals surface area contributed by atoms with Gasteiger partial charge in [0.1, 0.15) is 6.54 Å². The Kier molecular flexibility index (Phi) is 7.15. The van der Waals surface area contributed by atoms with Gasteiger partial charge in [-0.25, -0.2) is 8.42 Å². The minimum atomic E-state index is -4.13. The third kappa shape index (κ3) is 4.69. The lowest BCUT2D eigenvalue weighted by Gasteiger charge is -2.25. The lowest BCUT2D eigenvalue weighted by molar-refractivity contribution is -0.141. The Bertz CT molecular complexity index is 961. The van der Waals surface area contributed by atoms with Crippen LogP contribution < -0.4 is 13.8 Å². The summed E-state index contributed by atoms with van der Waals surface area (Å²) >= 11 is 6.07. The zero-order valence-corrected chi connectivity index (χ0v) is 17.6. The monoisotopic (exact) mass is 427 g/mol. The first-order valence-electron chi connectivity index (χ1n) is 8.41. The van der Waals surface area contributed by atoms with Gasteiger partial charge in [-0.1, -0.05) is 17.7 Å². The molecule has 0 radical (unpaired) electrons. The number of benzene rings is 2. The third-order valence-corrected chi connectivity index (χ3v) is 5.95. The Morgan fingerprint density at radius 3 is 2.36 bits per heavy atom. The highest BCUT2D eigenvalue weighted by Gasteiger charge is 2.30. The molecule has 0 amide bonds. The maximum Gasteiger partial charge on any atom is 0.326 e. The zero-order chi connectivity index (χ0) is 20.9. The fourth-order valence-electron chi connectivity index (χ4n) is 2.58. The molecule has 0 bridgehead atoms. The SMILES string of the molecule is CCOC(=O)CN(c1cc(Cl)ccc1C)S(=O)(=O)c1ccc(OC)c(OC)c1. The molecule has 0 unspecified atom stereocenters. The van der Waals surface area contributed by atoms with E-state index >= 15 is 0 Å². The lowest BCUT2D eigenvalue weighted by Crippen LogP contribution is -2.37. The van der Waals surface area contributed by atoms with Crippen LogP contribution in [-0.2, 0) is 19.6 Å². The highest BCUT2D eigenvalue weighted by molar-refractivity contribution is 7.92. The molecule has 0 aliphatic carbocycles. The molecule has 0 saturated carbocycles. The van der Waals surface area contributed by atoms with Gasteiger partial charge in [0.15, 0.2) is 11.5 Å². The number of nitrogens with zero attached hydrogens (tertiary/aromatic N) is 1. The van der Waals surface area contributed by atoms with Gasteiger partial charge in [-0.15, -0.1) is 0 Å². The van der Waals surface area contributed by atoms with Crippen LogP contribution in [0, 0.1) is 6.92 Å². The fourth-order valence-corrected chi connectivity index (χ4v) is 4.23. The van der Waals surface area contributed by atoms with Crippen LogP contribution in [0.25, 0.3) is 0 Å². The Morgan fingerprint density at radius 1 is 1.07 bits per heavy atom. The number of sulfonamides is 1. The van der Waals surface area contributed by atoms with Gasteiger partial charge >= 0.3 is 5.97 Å². The predicted octanol–water partition coefficient (Wildman–Crippen LogP) is 3.42. The predicted molar refractivity (Wildman–Crippen MR) is 107 cm³/mol. The molecule has 28 heavy (non-hydrogen) atoms. The van der Waals surface area contributed by atoms with Gasteiger partial charge in [0, 0.05) is 11.1 Å². The quantitative estimate of drug-likeness (QED) is 0.600. The van der Waals surface area contributed by atoms with Crippen molar-refractivity contribution in [3.8, 4) is 11.5 Å². The number of esters is 1. The van der Waals surface area contributed by atoms with Gasteiger partial charge in [0.2, 0.25) is 0 Å². The van der Waals surface area contributed by atoms with Gasteiger partial charge in [0.25, 0.3) is 10.0 Å². The summed E-state index contributed by atoms with van der Waals surface area (Å²) in [6.07, 6.45) is 0. The highest BCUT2D eigenvalue weighted by Crippen LogP contribution is 2.34. The fraction of sp³-hybridized carbons (Fsp3) is 0.316. The number of halogens is 1. The molecule has 0 aliphatic heterocycles. The van der Waals surface area contributed by atoms with Crippen molar-refractivity contribution in [1.29, 1.82) is 0 Å². The van der Waals surface area contributed by atoms with Crippen molar-refractivity contribution in [2.24, 2.45) is 0 Å². The van der Waals surface area contributed by atoms with Crippen molar-refractivity contribution in [2.45, 2.75) is 18.7 Å². The van der Waals surface area contributed by atoms with Crippen molar-refractivity contribution in [3.05, 3.63) is 47.0 Å². The molecule has 7 nitrogen and oxygen atoms in total. The van der Waals surface area contributed by atoms with E-state index in [-0.39, 0.29) is 22.9 Å². The van der Waals surface area contributed by atoms with E-state index in [2.05, 4.69) is 0 Å². The Labute approximate surface area is 169 Å². The molecule has 2 aromatic carbocycles. The molecule has 0 aromatic heterocycles. The van der Waals surface area contributed by atoms with Crippen LogP contribution in [0.5, 0.6) is 11.5 Å². The van der Waals surface area contributed by atoms with Crippen LogP contribution >= 0.6 is 11.6 Å². The van der Waals surface area contributed by atoms with Crippen LogP contribution in [0.2, 0.25) is 5.02 Å². The smallest absolute Gasteiger partial charge is 0.326 e. The molecule has 9 heteroatoms. The van der Waals surface area contributed by atoms with E-state index < -0.39 is 22.5 Å². The second-order valence-electron chi connectivity index (χ2n) is 5.76. The summed E-state index contributed by atoms with van der Waals surface area (Å²) in [4.78, 5) is 12.1. The van der Waals surface area contributed by atoms with Crippen LogP contribution in [0.4, 0.5) is 5.69 Å². The van der Waals surface area contributed by atoms with Crippen molar-refractivity contribution < 1.29 is 27.4 Å². The molecule has 0 aliphatic rings. The second-order valence-corrected chi connectivity index (χ2v) is 8.06. The van der Waals surface area contributed by atoms with E-state index in [1.807, 2.05) is 0 Å². The number of hydrogen-bond acceptors (Lipinski definition) is 6. The van der Waals surface area contributed by atoms with Crippen LogP contribution in [0.1, 0.15) is 12.5 Å². The van der Waals surface area contributed by atoms with Gasteiger partial charge in [-0.3, -0.25) is 9.10 Å². The van der Waals surface area contributed by atoms with Crippen molar-refractivity contribution in [2.75, 3.05) is 31.7 Å². The maximum absolute atomic E-state index is 13.4. The molecule has 0 saturated heterocycles. The zero-order valence-electron chi connectivity index (χ0n) is 16.1. The average Bonchev–Trinajstić information content (AvgIpc) is 2.67. The summed E-state index contributed by atoms with van der Waals surface area (Å²) in [6.45, 7) is 3.02. The number of ether oxygens (including phenoxy) is 3. The third-order valence-electron chi connectivity index (χ3n) is 3.96. The molecule has 0 spiro atoms. The molecule has 0 heterocycles. The maximum atomic E-state index is 13.4. The number of rotatable bonds is 8. The van der Waals surface area contributed by atoms with Gasteiger partial charge in [-0.2, -0.15) is 0 Å². The average molecular weight is 428 g/mol. The number of anilines is 1. The molecule has 2 rings (SSSR count). The summed E-state index contributed by atoms with van der Waals surface area (Å²) < 4.78 is 43.1. The summed E-state index contributed by atoms with van der Waals surface area (Å²) in [6, 6.07) is 9.03. The molecular weight excluding hydrogens is 406 g/mol. The second kappa shape index (κ2) is 9.16. The summed E-state index contributed by atoms with van der Waals surface area (Å²) in [7, 11) is -1.26. The largest absolute Gasteiger partial charge is 0.493 e. The number of carbonyl (C=O) groups excluding carboxylic acids is 1. The Balaban J connectivity index is 2.61. The standard InChI is InChI=1S/C19H22ClNO6S/c1-5-27-19(22)12-21(16-10-14(20)7-6-13(16)2)28(23,24)15-8-9-17(25-3)18(11-15)26-4/h6-11H,5,12H2,1-4H3. The normalized spacial score (nSPS) is 11.0. The summed E-state index contributed by atoms with van der Waals surface area (Å²) in [5.41, 5.74) is 0.924. The van der Waals surface area contributed by atoms with E-state index in [0.29, 0.717) is 16.3 Å². The van der Waals surface area contributed by atoms with E-state index in [4.69, 9.17) is 25.8 Å². The van der Waals surface area contributed by atoms with Gasteiger partial charge in [0.05, 0.1) is 31.4 Å². The highest BCUT2D eigenvalue weighted by atomic mass is 35.5. The van der Waals surface area contributed by atoms with E-state index in [9.17, 15) is 13.2 Å². The minimum absolute atomic E-state index is 0.0613. The Hall–Kier alpha value is -2.45. The van der Waals surface area contributed by atoms with E-state index in [0.717, 1.165) is 4.31 Å². The molecule has 2 aromatic rings. The minimum Gasteiger partial charge on any atom is -0.493 e. The van der Waals surface area contributed by atoms with E-state index in [1.165, 1.54) is 38.5 Å². The number of aryl methyl sites for hydroxylation is 1. The van der Waals surface area contributed by atoms with Crippen LogP contribution in [0.3, 0.4) is 0 Å². The molecule has 152 valence electrons. The number of methoxy groups -OCH3 is 2. The van der Waals surface area contributed by atoms with Crippen molar-refractivity contribution >= 4 is 33.3 Å². The first-order chi connectivity index (χ1) is 13.2. The topological polar surface area (TPSA) is 82.1 Å². The first-order valence-corrected chi connectivity index (χ1v) is 10.2. The van der Waals surface area contributed by atoms with Crippen molar-refractivity contribution in [1.82, 2.24) is 0 Å². The molecule has 0 atom stereocenters. The van der Waals surface area contributed by atoms with E-state index in [1.54, 1.807) is 26.0 Å². The van der Waals surface area contributed by atoms with Gasteiger partial charge < -0.3 is 14.2 Å². The van der Waals surface area contributed by atoms with Crippen molar-refractivity contribution in [3.63, 3.8) is 0 Å².